The monoisotopic (exact) mass is 342 g/mol. The summed E-state index contributed by atoms with van der Waals surface area (Å²) in [5.41, 5.74) is 3.25. The zero-order chi connectivity index (χ0) is 17.1. The number of thioether (sulfide) groups is 1. The minimum atomic E-state index is 0.559. The highest BCUT2D eigenvalue weighted by Crippen LogP contribution is 2.26. The van der Waals surface area contributed by atoms with E-state index in [2.05, 4.69) is 47.4 Å². The molecule has 2 aromatic heterocycles. The summed E-state index contributed by atoms with van der Waals surface area (Å²) in [7, 11) is 0. The van der Waals surface area contributed by atoms with Crippen molar-refractivity contribution in [3.8, 4) is 11.5 Å². The van der Waals surface area contributed by atoms with E-state index in [1.165, 1.54) is 5.69 Å². The van der Waals surface area contributed by atoms with E-state index in [4.69, 9.17) is 4.52 Å². The maximum Gasteiger partial charge on any atom is 0.257 e. The van der Waals surface area contributed by atoms with Crippen molar-refractivity contribution in [3.63, 3.8) is 0 Å². The molecule has 2 heterocycles. The quantitative estimate of drug-likeness (QED) is 0.617. The third-order valence-electron chi connectivity index (χ3n) is 3.79. The van der Waals surface area contributed by atoms with Crippen molar-refractivity contribution in [2.24, 2.45) is 5.92 Å². The highest BCUT2D eigenvalue weighted by atomic mass is 32.2. The Morgan fingerprint density at radius 1 is 1.12 bits per heavy atom. The lowest BCUT2D eigenvalue weighted by Crippen LogP contribution is -2.07. The Kier molecular flexibility index (Phi) is 5.04. The Morgan fingerprint density at radius 3 is 2.58 bits per heavy atom. The molecule has 0 saturated carbocycles. The molecule has 0 aliphatic rings. The van der Waals surface area contributed by atoms with Crippen LogP contribution in [-0.2, 0) is 12.3 Å². The van der Waals surface area contributed by atoms with Crippen molar-refractivity contribution < 1.29 is 4.52 Å². The Hall–Kier alpha value is -2.08. The number of aryl methyl sites for hydroxylation is 1. The van der Waals surface area contributed by atoms with Gasteiger partial charge in [0.2, 0.25) is 0 Å². The van der Waals surface area contributed by atoms with Gasteiger partial charge < -0.3 is 9.09 Å². The minimum Gasteiger partial charge on any atom is -0.334 e. The molecule has 0 N–H and O–H groups in total. The Morgan fingerprint density at radius 2 is 1.88 bits per heavy atom. The molecule has 6 heteroatoms. The van der Waals surface area contributed by atoms with Crippen LogP contribution in [-0.4, -0.2) is 19.7 Å². The van der Waals surface area contributed by atoms with Crippen LogP contribution in [0.1, 0.15) is 31.1 Å². The number of aromatic nitrogens is 4. The van der Waals surface area contributed by atoms with Crippen molar-refractivity contribution in [1.29, 1.82) is 0 Å². The molecule has 0 aliphatic carbocycles. The summed E-state index contributed by atoms with van der Waals surface area (Å²) in [6.07, 6.45) is 0. The SMILES string of the molecule is Cc1nc(SCc2noc(-c3ccccc3)n2)n(CC(C)C)c1C. The van der Waals surface area contributed by atoms with Gasteiger partial charge in [0.15, 0.2) is 11.0 Å². The molecule has 0 radical (unpaired) electrons. The molecule has 0 atom stereocenters. The van der Waals surface area contributed by atoms with Gasteiger partial charge in [-0.3, -0.25) is 0 Å². The molecule has 0 bridgehead atoms. The van der Waals surface area contributed by atoms with Gasteiger partial charge in [-0.05, 0) is 31.9 Å². The standard InChI is InChI=1S/C18H22N4OS/c1-12(2)10-22-14(4)13(3)19-18(22)24-11-16-20-17(23-21-16)15-8-6-5-7-9-15/h5-9,12H,10-11H2,1-4H3. The van der Waals surface area contributed by atoms with Crippen molar-refractivity contribution >= 4 is 11.8 Å². The second-order valence-corrected chi connectivity index (χ2v) is 7.18. The normalized spacial score (nSPS) is 11.4. The van der Waals surface area contributed by atoms with Crippen LogP contribution in [0, 0.1) is 19.8 Å². The highest BCUT2D eigenvalue weighted by Gasteiger charge is 2.15. The van der Waals surface area contributed by atoms with Crippen LogP contribution in [0.4, 0.5) is 0 Å². The largest absolute Gasteiger partial charge is 0.334 e. The second kappa shape index (κ2) is 7.21. The molecule has 5 nitrogen and oxygen atoms in total. The molecule has 0 unspecified atom stereocenters. The minimum absolute atomic E-state index is 0.559. The van der Waals surface area contributed by atoms with Crippen LogP contribution < -0.4 is 0 Å². The van der Waals surface area contributed by atoms with Gasteiger partial charge in [-0.2, -0.15) is 4.98 Å². The van der Waals surface area contributed by atoms with E-state index in [-0.39, 0.29) is 0 Å². The maximum absolute atomic E-state index is 5.36. The number of hydrogen-bond donors (Lipinski definition) is 0. The molecule has 0 saturated heterocycles. The summed E-state index contributed by atoms with van der Waals surface area (Å²) in [4.78, 5) is 9.16. The molecule has 0 amide bonds. The van der Waals surface area contributed by atoms with Crippen LogP contribution in [0.25, 0.3) is 11.5 Å². The highest BCUT2D eigenvalue weighted by molar-refractivity contribution is 7.98. The van der Waals surface area contributed by atoms with E-state index in [0.29, 0.717) is 23.4 Å². The van der Waals surface area contributed by atoms with Gasteiger partial charge in [-0.25, -0.2) is 4.98 Å². The predicted molar refractivity (Wildman–Crippen MR) is 95.8 cm³/mol. The molecule has 0 fully saturated rings. The molecule has 3 aromatic rings. The fourth-order valence-electron chi connectivity index (χ4n) is 2.45. The predicted octanol–water partition coefficient (Wildman–Crippen LogP) is 4.50. The Labute approximate surface area is 146 Å². The molecule has 24 heavy (non-hydrogen) atoms. The zero-order valence-corrected chi connectivity index (χ0v) is 15.3. The van der Waals surface area contributed by atoms with Gasteiger partial charge in [0, 0.05) is 17.8 Å². The molecule has 3 rings (SSSR count). The first-order chi connectivity index (χ1) is 11.5. The van der Waals surface area contributed by atoms with Crippen LogP contribution in [0.2, 0.25) is 0 Å². The second-order valence-electron chi connectivity index (χ2n) is 6.24. The Balaban J connectivity index is 1.73. The van der Waals surface area contributed by atoms with Crippen molar-refractivity contribution in [3.05, 3.63) is 47.5 Å². The van der Waals surface area contributed by atoms with Crippen molar-refractivity contribution in [2.45, 2.75) is 45.1 Å². The summed E-state index contributed by atoms with van der Waals surface area (Å²) in [6, 6.07) is 9.82. The first-order valence-electron chi connectivity index (χ1n) is 8.09. The molecule has 126 valence electrons. The van der Waals surface area contributed by atoms with E-state index in [0.717, 1.165) is 23.0 Å². The number of imidazole rings is 1. The summed E-state index contributed by atoms with van der Waals surface area (Å²) in [6.45, 7) is 9.58. The van der Waals surface area contributed by atoms with Crippen LogP contribution in [0.3, 0.4) is 0 Å². The van der Waals surface area contributed by atoms with Gasteiger partial charge in [0.05, 0.1) is 11.4 Å². The van der Waals surface area contributed by atoms with Crippen LogP contribution >= 0.6 is 11.8 Å². The fourth-order valence-corrected chi connectivity index (χ4v) is 3.40. The van der Waals surface area contributed by atoms with Gasteiger partial charge in [-0.1, -0.05) is 49.0 Å². The Bertz CT molecular complexity index is 808. The molecule has 0 spiro atoms. The lowest BCUT2D eigenvalue weighted by Gasteiger charge is -2.11. The molecule has 1 aromatic carbocycles. The first-order valence-corrected chi connectivity index (χ1v) is 9.07. The molecular weight excluding hydrogens is 320 g/mol. The van der Waals surface area contributed by atoms with Gasteiger partial charge >= 0.3 is 0 Å². The van der Waals surface area contributed by atoms with E-state index < -0.39 is 0 Å². The third kappa shape index (κ3) is 3.70. The van der Waals surface area contributed by atoms with Crippen LogP contribution in [0.5, 0.6) is 0 Å². The summed E-state index contributed by atoms with van der Waals surface area (Å²) < 4.78 is 7.64. The van der Waals surface area contributed by atoms with Gasteiger partial charge in [0.1, 0.15) is 0 Å². The molecular formula is C18H22N4OS. The van der Waals surface area contributed by atoms with E-state index in [1.807, 2.05) is 30.3 Å². The summed E-state index contributed by atoms with van der Waals surface area (Å²) >= 11 is 1.65. The smallest absolute Gasteiger partial charge is 0.257 e. The average molecular weight is 342 g/mol. The zero-order valence-electron chi connectivity index (χ0n) is 14.5. The number of nitrogens with zero attached hydrogens (tertiary/aromatic N) is 4. The van der Waals surface area contributed by atoms with Crippen molar-refractivity contribution in [2.75, 3.05) is 0 Å². The maximum atomic E-state index is 5.36. The average Bonchev–Trinajstić information content (AvgIpc) is 3.14. The van der Waals surface area contributed by atoms with E-state index in [1.54, 1.807) is 11.8 Å². The third-order valence-corrected chi connectivity index (χ3v) is 4.76. The van der Waals surface area contributed by atoms with E-state index >= 15 is 0 Å². The van der Waals surface area contributed by atoms with Crippen molar-refractivity contribution in [1.82, 2.24) is 19.7 Å². The number of benzene rings is 1. The topological polar surface area (TPSA) is 56.7 Å². The lowest BCUT2D eigenvalue weighted by molar-refractivity contribution is 0.425. The van der Waals surface area contributed by atoms with Gasteiger partial charge in [0.25, 0.3) is 5.89 Å². The molecule has 0 aliphatic heterocycles. The van der Waals surface area contributed by atoms with Gasteiger partial charge in [-0.15, -0.1) is 0 Å². The lowest BCUT2D eigenvalue weighted by atomic mass is 10.2. The van der Waals surface area contributed by atoms with E-state index in [9.17, 15) is 0 Å². The number of rotatable bonds is 6. The first kappa shape index (κ1) is 16.8. The number of hydrogen-bond acceptors (Lipinski definition) is 5. The van der Waals surface area contributed by atoms with Crippen LogP contribution in [0.15, 0.2) is 40.0 Å². The fraction of sp³-hybridized carbons (Fsp3) is 0.389. The summed E-state index contributed by atoms with van der Waals surface area (Å²) in [5, 5.41) is 5.10. The summed E-state index contributed by atoms with van der Waals surface area (Å²) in [5.74, 6) is 2.47.